The first kappa shape index (κ1) is 10.2. The van der Waals surface area contributed by atoms with E-state index in [4.69, 9.17) is 26.0 Å². The maximum absolute atomic E-state index is 10.0. The summed E-state index contributed by atoms with van der Waals surface area (Å²) in [6, 6.07) is -22.0. The summed E-state index contributed by atoms with van der Waals surface area (Å²) in [5, 5.41) is -3.15. The second kappa shape index (κ2) is 9.18. The van der Waals surface area contributed by atoms with Crippen molar-refractivity contribution >= 4 is 65.4 Å². The van der Waals surface area contributed by atoms with E-state index >= 15 is 0 Å². The lowest BCUT2D eigenvalue weighted by Crippen LogP contribution is -2.00. The van der Waals surface area contributed by atoms with Crippen molar-refractivity contribution in [1.29, 1.82) is 0 Å². The van der Waals surface area contributed by atoms with Crippen molar-refractivity contribution in [3.63, 3.8) is 0 Å². The summed E-state index contributed by atoms with van der Waals surface area (Å²) in [5.41, 5.74) is -5.19. The van der Waals surface area contributed by atoms with Gasteiger partial charge in [0.05, 0.1) is 74.4 Å². The lowest BCUT2D eigenvalue weighted by atomic mass is 10.1. The molecule has 4 nitrogen and oxygen atoms in total. The Hall–Kier alpha value is -6.13. The molecule has 0 amide bonds. The smallest absolute Gasteiger partial charge is 0.139 e. The molecule has 0 saturated heterocycles. The maximum Gasteiger partial charge on any atom is 0.139 e. The SMILES string of the molecule is [2H]c1c([2H])c([2H])c(-n2c3c([2H])c([2H])c([2H])c([2H])c3c3c(-n4c5c([2H])c(-n6c7c([2H])c([2H])c([2H])c([2H])c7c7c([2H])c([2H])c([2H])c([2H])c76)nc([2H])c5c5c([2H])c([2H])c([2H])c([2H])c54)c([2H])c([2H])c([2H])c32)c([2H])c1[2H]. The van der Waals surface area contributed by atoms with Gasteiger partial charge in [-0.2, -0.15) is 0 Å². The van der Waals surface area contributed by atoms with Crippen LogP contribution >= 0.6 is 0 Å². The number of fused-ring (bicyclic) bond motifs is 9. The molecule has 0 fully saturated rings. The van der Waals surface area contributed by atoms with E-state index in [0.717, 1.165) is 13.7 Å². The molecule has 0 aliphatic rings. The van der Waals surface area contributed by atoms with Crippen LogP contribution in [0.2, 0.25) is 0 Å². The Balaban J connectivity index is 1.56. The second-order valence-electron chi connectivity index (χ2n) is 9.72. The Morgan fingerprint density at radius 2 is 0.911 bits per heavy atom. The highest BCUT2D eigenvalue weighted by Crippen LogP contribution is 2.40. The van der Waals surface area contributed by atoms with Crippen LogP contribution in [0.3, 0.4) is 0 Å². The number of rotatable bonds is 3. The average Bonchev–Trinajstić information content (AvgIpc) is 4.01. The number of benzene rings is 6. The van der Waals surface area contributed by atoms with Gasteiger partial charge in [0.2, 0.25) is 0 Å². The van der Waals surface area contributed by atoms with Gasteiger partial charge in [-0.15, -0.1) is 0 Å². The van der Waals surface area contributed by atoms with Crippen molar-refractivity contribution in [1.82, 2.24) is 18.7 Å². The largest absolute Gasteiger partial charge is 0.309 e. The molecule has 10 aromatic rings. The van der Waals surface area contributed by atoms with Crippen molar-refractivity contribution in [2.75, 3.05) is 0 Å². The minimum Gasteiger partial charge on any atom is -0.309 e. The summed E-state index contributed by atoms with van der Waals surface area (Å²) in [6.45, 7) is 0. The number of hydrogen-bond acceptors (Lipinski definition) is 1. The number of hydrogen-bond donors (Lipinski definition) is 0. The third kappa shape index (κ3) is 3.34. The fraction of sp³-hybridized carbons (Fsp3) is 0. The van der Waals surface area contributed by atoms with Crippen LogP contribution in [0.5, 0.6) is 0 Å². The van der Waals surface area contributed by atoms with Crippen LogP contribution < -0.4 is 0 Å². The predicted octanol–water partition coefficient (Wildman–Crippen LogP) is 10.4. The monoisotopic (exact) mass is 600 g/mol. The van der Waals surface area contributed by atoms with Gasteiger partial charge in [-0.1, -0.05) is 96.7 Å². The Morgan fingerprint density at radius 1 is 0.400 bits per heavy atom. The van der Waals surface area contributed by atoms with E-state index in [2.05, 4.69) is 4.98 Å². The molecule has 0 N–H and O–H groups in total. The molecule has 0 radical (unpaired) electrons. The van der Waals surface area contributed by atoms with E-state index in [1.165, 1.54) is 0 Å². The first-order valence-corrected chi connectivity index (χ1v) is 13.2. The topological polar surface area (TPSA) is 27.7 Å². The number of nitrogens with zero attached hydrogens (tertiary/aromatic N) is 4. The van der Waals surface area contributed by atoms with E-state index in [1.807, 2.05) is 0 Å². The molecule has 4 aromatic heterocycles. The molecule has 0 saturated carbocycles. The Bertz CT molecular complexity index is 4140. The van der Waals surface area contributed by atoms with Gasteiger partial charge in [-0.05, 0) is 48.3 Å². The maximum atomic E-state index is 10.0. The molecular formula is C41H26N4. The predicted molar refractivity (Wildman–Crippen MR) is 187 cm³/mol. The molecule has 0 atom stereocenters. The van der Waals surface area contributed by atoms with Crippen LogP contribution in [0.4, 0.5) is 0 Å². The van der Waals surface area contributed by atoms with Gasteiger partial charge < -0.3 is 9.13 Å². The Kier molecular flexibility index (Phi) is 2.08. The fourth-order valence-electron chi connectivity index (χ4n) is 5.73. The quantitative estimate of drug-likeness (QED) is 0.198. The molecule has 6 aromatic carbocycles. The number of pyridine rings is 1. The van der Waals surface area contributed by atoms with E-state index in [9.17, 15) is 9.60 Å². The van der Waals surface area contributed by atoms with Crippen LogP contribution in [0.1, 0.15) is 35.6 Å². The second-order valence-corrected chi connectivity index (χ2v) is 9.72. The molecule has 0 bridgehead atoms. The van der Waals surface area contributed by atoms with Crippen LogP contribution in [-0.2, 0) is 0 Å². The molecule has 10 rings (SSSR count). The standard InChI is InChI=1S/C41H26N4/c1-2-13-27(14-3-1)43-36-22-11-7-18-31(36)41-37(43)23-12-24-38(41)44-33-19-8-6-17-30(33)32-26-42-40(25-39(32)44)45-34-20-9-4-15-28(34)29-16-5-10-21-35(29)45/h1-26H/i1D,2D,3D,4D,5D,6D,7D,8D,9D,10D,11D,12D,13D,14D,15D,16D,17D,18D,19D,20D,21D,22D,23D,24D,25D,26D. The van der Waals surface area contributed by atoms with Crippen LogP contribution in [-0.4, -0.2) is 18.7 Å². The van der Waals surface area contributed by atoms with Crippen molar-refractivity contribution < 1.29 is 35.6 Å². The molecule has 45 heavy (non-hydrogen) atoms. The first-order chi connectivity index (χ1) is 33.2. The van der Waals surface area contributed by atoms with Gasteiger partial charge >= 0.3 is 0 Å². The van der Waals surface area contributed by atoms with Crippen molar-refractivity contribution in [2.24, 2.45) is 0 Å². The summed E-state index contributed by atoms with van der Waals surface area (Å²) >= 11 is 0. The zero-order chi connectivity index (χ0) is 52.1. The summed E-state index contributed by atoms with van der Waals surface area (Å²) in [5.74, 6) is -0.786. The van der Waals surface area contributed by atoms with Gasteiger partial charge in [0.1, 0.15) is 5.82 Å². The minimum atomic E-state index is -1.02. The number of aromatic nitrogens is 4. The van der Waals surface area contributed by atoms with E-state index in [0.29, 0.717) is 0 Å². The highest BCUT2D eigenvalue weighted by atomic mass is 15.1. The molecule has 0 unspecified atom stereocenters. The van der Waals surface area contributed by atoms with E-state index < -0.39 is 240 Å². The van der Waals surface area contributed by atoms with Crippen molar-refractivity contribution in [3.05, 3.63) is 157 Å². The third-order valence-corrected chi connectivity index (χ3v) is 7.48. The molecule has 0 aliphatic carbocycles. The van der Waals surface area contributed by atoms with Crippen LogP contribution in [0.25, 0.3) is 82.6 Å². The van der Waals surface area contributed by atoms with Gasteiger partial charge in [0.25, 0.3) is 0 Å². The fourth-order valence-corrected chi connectivity index (χ4v) is 5.73. The lowest BCUT2D eigenvalue weighted by Gasteiger charge is -2.12. The van der Waals surface area contributed by atoms with Crippen LogP contribution in [0.15, 0.2) is 157 Å². The summed E-state index contributed by atoms with van der Waals surface area (Å²) in [4.78, 5) is 4.33. The van der Waals surface area contributed by atoms with Crippen molar-refractivity contribution in [2.45, 2.75) is 0 Å². The lowest BCUT2D eigenvalue weighted by molar-refractivity contribution is 1.08. The molecule has 0 spiro atoms. The normalized spacial score (nSPS) is 20.1. The highest BCUT2D eigenvalue weighted by molar-refractivity contribution is 6.16. The van der Waals surface area contributed by atoms with Gasteiger partial charge in [0.15, 0.2) is 0 Å². The highest BCUT2D eigenvalue weighted by Gasteiger charge is 2.21. The summed E-state index contributed by atoms with van der Waals surface area (Å²) in [7, 11) is 0. The zero-order valence-corrected chi connectivity index (χ0v) is 22.3. The van der Waals surface area contributed by atoms with Gasteiger partial charge in [0, 0.05) is 50.2 Å². The third-order valence-electron chi connectivity index (χ3n) is 7.48. The van der Waals surface area contributed by atoms with Gasteiger partial charge in [-0.3, -0.25) is 4.57 Å². The van der Waals surface area contributed by atoms with Gasteiger partial charge in [-0.25, -0.2) is 4.98 Å². The molecule has 4 heteroatoms. The molecule has 0 aliphatic heterocycles. The van der Waals surface area contributed by atoms with Crippen molar-refractivity contribution in [3.8, 4) is 17.2 Å². The minimum absolute atomic E-state index is 0.444. The molecule has 210 valence electrons. The first-order valence-electron chi connectivity index (χ1n) is 26.2. The van der Waals surface area contributed by atoms with E-state index in [1.54, 1.807) is 0 Å². The average molecular weight is 601 g/mol. The zero-order valence-electron chi connectivity index (χ0n) is 48.3. The molecular weight excluding hydrogens is 548 g/mol. The summed E-state index contributed by atoms with van der Waals surface area (Å²) in [6.07, 6.45) is -0.911. The summed E-state index contributed by atoms with van der Waals surface area (Å²) < 4.78 is 235. The van der Waals surface area contributed by atoms with E-state index in [-0.39, 0.29) is 0 Å². The number of para-hydroxylation sites is 5. The Labute approximate surface area is 295 Å². The molecule has 4 heterocycles. The van der Waals surface area contributed by atoms with Crippen LogP contribution in [0, 0.1) is 0 Å². The Morgan fingerprint density at radius 3 is 1.58 bits per heavy atom.